The molecule has 6 heteroatoms. The normalized spacial score (nSPS) is 18.7. The zero-order valence-corrected chi connectivity index (χ0v) is 14.7. The van der Waals surface area contributed by atoms with E-state index in [1.165, 1.54) is 5.56 Å². The van der Waals surface area contributed by atoms with Crippen LogP contribution in [0.25, 0.3) is 0 Å². The molecule has 25 heavy (non-hydrogen) atoms. The Morgan fingerprint density at radius 3 is 2.96 bits per heavy atom. The average molecular weight is 342 g/mol. The second-order valence-corrected chi connectivity index (χ2v) is 6.36. The lowest BCUT2D eigenvalue weighted by atomic mass is 10.2. The first-order valence-corrected chi connectivity index (χ1v) is 8.93. The number of hydrogen-bond acceptors (Lipinski definition) is 4. The van der Waals surface area contributed by atoms with E-state index in [4.69, 9.17) is 4.74 Å². The topological polar surface area (TPSA) is 59.4 Å². The Hall–Kier alpha value is -2.18. The summed E-state index contributed by atoms with van der Waals surface area (Å²) in [6, 6.07) is 10.5. The molecule has 1 amide bonds. The van der Waals surface area contributed by atoms with Crippen LogP contribution in [0.4, 0.5) is 0 Å². The van der Waals surface area contributed by atoms with Crippen molar-refractivity contribution in [2.75, 3.05) is 26.2 Å². The minimum atomic E-state index is -0.0952. The highest BCUT2D eigenvalue weighted by atomic mass is 16.5. The van der Waals surface area contributed by atoms with Crippen molar-refractivity contribution in [1.29, 1.82) is 0 Å². The number of amides is 1. The van der Waals surface area contributed by atoms with E-state index in [1.54, 1.807) is 17.1 Å². The Balaban J connectivity index is 1.51. The van der Waals surface area contributed by atoms with Gasteiger partial charge in [-0.1, -0.05) is 30.3 Å². The molecule has 1 aliphatic rings. The van der Waals surface area contributed by atoms with Gasteiger partial charge in [-0.15, -0.1) is 0 Å². The standard InChI is InChI=1S/C19H26N4O2/c1-2-23-14-17(11-21-23)19(24)20-12-18-15-22(9-6-10-25-18)13-16-7-4-3-5-8-16/h3-5,7-8,11,14,18H,2,6,9-10,12-13,15H2,1H3,(H,20,24)/t18-/m1/s1. The van der Waals surface area contributed by atoms with Gasteiger partial charge in [-0.05, 0) is 18.9 Å². The lowest BCUT2D eigenvalue weighted by Crippen LogP contribution is -2.39. The van der Waals surface area contributed by atoms with Gasteiger partial charge in [0.15, 0.2) is 0 Å². The van der Waals surface area contributed by atoms with E-state index in [9.17, 15) is 4.79 Å². The first-order chi connectivity index (χ1) is 12.2. The van der Waals surface area contributed by atoms with Crippen molar-refractivity contribution in [2.24, 2.45) is 0 Å². The molecule has 2 aromatic rings. The summed E-state index contributed by atoms with van der Waals surface area (Å²) in [5.41, 5.74) is 1.90. The van der Waals surface area contributed by atoms with Crippen LogP contribution in [0.5, 0.6) is 0 Å². The summed E-state index contributed by atoms with van der Waals surface area (Å²) in [6.07, 6.45) is 4.40. The summed E-state index contributed by atoms with van der Waals surface area (Å²) in [5, 5.41) is 7.12. The predicted molar refractivity (Wildman–Crippen MR) is 96.3 cm³/mol. The van der Waals surface area contributed by atoms with E-state index in [1.807, 2.05) is 13.0 Å². The quantitative estimate of drug-likeness (QED) is 0.871. The van der Waals surface area contributed by atoms with Gasteiger partial charge in [0.2, 0.25) is 0 Å². The van der Waals surface area contributed by atoms with E-state index in [0.29, 0.717) is 12.1 Å². The van der Waals surface area contributed by atoms with Gasteiger partial charge >= 0.3 is 0 Å². The molecule has 1 aromatic heterocycles. The van der Waals surface area contributed by atoms with Crippen LogP contribution >= 0.6 is 0 Å². The third-order valence-electron chi connectivity index (χ3n) is 4.39. The fourth-order valence-corrected chi connectivity index (χ4v) is 3.04. The van der Waals surface area contributed by atoms with Gasteiger partial charge in [0, 0.05) is 45.5 Å². The number of rotatable bonds is 6. The van der Waals surface area contributed by atoms with Gasteiger partial charge in [-0.25, -0.2) is 0 Å². The molecule has 1 atom stereocenters. The highest BCUT2D eigenvalue weighted by Gasteiger charge is 2.20. The number of ether oxygens (including phenoxy) is 1. The Bertz CT molecular complexity index is 671. The van der Waals surface area contributed by atoms with Gasteiger partial charge in [0.1, 0.15) is 0 Å². The summed E-state index contributed by atoms with van der Waals surface area (Å²) in [7, 11) is 0. The zero-order valence-electron chi connectivity index (χ0n) is 14.7. The van der Waals surface area contributed by atoms with Gasteiger partial charge in [-0.3, -0.25) is 14.4 Å². The first-order valence-electron chi connectivity index (χ1n) is 8.93. The molecule has 0 spiro atoms. The molecule has 0 unspecified atom stereocenters. The van der Waals surface area contributed by atoms with Crippen molar-refractivity contribution in [1.82, 2.24) is 20.0 Å². The largest absolute Gasteiger partial charge is 0.375 e. The summed E-state index contributed by atoms with van der Waals surface area (Å²) < 4.78 is 7.65. The third-order valence-corrected chi connectivity index (χ3v) is 4.39. The molecule has 0 aliphatic carbocycles. The molecule has 3 rings (SSSR count). The van der Waals surface area contributed by atoms with Crippen molar-refractivity contribution >= 4 is 5.91 Å². The number of aryl methyl sites for hydroxylation is 1. The number of nitrogens with zero attached hydrogens (tertiary/aromatic N) is 3. The molecular weight excluding hydrogens is 316 g/mol. The van der Waals surface area contributed by atoms with Crippen LogP contribution in [0.2, 0.25) is 0 Å². The zero-order chi connectivity index (χ0) is 17.5. The molecular formula is C19H26N4O2. The Labute approximate surface area is 148 Å². The van der Waals surface area contributed by atoms with Crippen molar-refractivity contribution in [3.8, 4) is 0 Å². The second kappa shape index (κ2) is 8.78. The smallest absolute Gasteiger partial charge is 0.254 e. The molecule has 0 radical (unpaired) electrons. The number of nitrogens with one attached hydrogen (secondary N) is 1. The van der Waals surface area contributed by atoms with Crippen LogP contribution in [0.3, 0.4) is 0 Å². The summed E-state index contributed by atoms with van der Waals surface area (Å²) >= 11 is 0. The number of carbonyl (C=O) groups is 1. The SMILES string of the molecule is CCn1cc(C(=O)NC[C@@H]2CN(Cc3ccccc3)CCCO2)cn1. The number of hydrogen-bond donors (Lipinski definition) is 1. The molecule has 1 fully saturated rings. The maximum atomic E-state index is 12.2. The molecule has 1 N–H and O–H groups in total. The van der Waals surface area contributed by atoms with E-state index in [-0.39, 0.29) is 12.0 Å². The molecule has 1 aliphatic heterocycles. The van der Waals surface area contributed by atoms with E-state index >= 15 is 0 Å². The van der Waals surface area contributed by atoms with Crippen LogP contribution in [0, 0.1) is 0 Å². The Morgan fingerprint density at radius 1 is 1.36 bits per heavy atom. The number of aromatic nitrogens is 2. The number of benzene rings is 1. The fourth-order valence-electron chi connectivity index (χ4n) is 3.04. The number of carbonyl (C=O) groups excluding carboxylic acids is 1. The first kappa shape index (κ1) is 17.6. The van der Waals surface area contributed by atoms with Crippen LogP contribution in [0.1, 0.15) is 29.3 Å². The van der Waals surface area contributed by atoms with Crippen LogP contribution < -0.4 is 5.32 Å². The van der Waals surface area contributed by atoms with Crippen molar-refractivity contribution in [3.63, 3.8) is 0 Å². The van der Waals surface area contributed by atoms with Gasteiger partial charge in [0.25, 0.3) is 5.91 Å². The second-order valence-electron chi connectivity index (χ2n) is 6.36. The van der Waals surface area contributed by atoms with Crippen LogP contribution in [-0.2, 0) is 17.8 Å². The predicted octanol–water partition coefficient (Wildman–Crippen LogP) is 1.92. The summed E-state index contributed by atoms with van der Waals surface area (Å²) in [6.45, 7) is 6.76. The summed E-state index contributed by atoms with van der Waals surface area (Å²) in [5.74, 6) is -0.0952. The minimum Gasteiger partial charge on any atom is -0.375 e. The maximum Gasteiger partial charge on any atom is 0.254 e. The van der Waals surface area contributed by atoms with Gasteiger partial charge in [0.05, 0.1) is 17.9 Å². The summed E-state index contributed by atoms with van der Waals surface area (Å²) in [4.78, 5) is 14.6. The van der Waals surface area contributed by atoms with Crippen molar-refractivity contribution in [2.45, 2.75) is 32.5 Å². The Morgan fingerprint density at radius 2 is 2.20 bits per heavy atom. The van der Waals surface area contributed by atoms with Crippen molar-refractivity contribution < 1.29 is 9.53 Å². The molecule has 0 bridgehead atoms. The Kier molecular flexibility index (Phi) is 6.19. The molecule has 134 valence electrons. The third kappa shape index (κ3) is 5.14. The molecule has 1 aromatic carbocycles. The minimum absolute atomic E-state index is 0.0105. The lowest BCUT2D eigenvalue weighted by Gasteiger charge is -2.24. The maximum absolute atomic E-state index is 12.2. The van der Waals surface area contributed by atoms with E-state index in [0.717, 1.165) is 39.2 Å². The van der Waals surface area contributed by atoms with Crippen LogP contribution in [0.15, 0.2) is 42.7 Å². The lowest BCUT2D eigenvalue weighted by molar-refractivity contribution is 0.0510. The highest BCUT2D eigenvalue weighted by molar-refractivity contribution is 5.93. The molecule has 1 saturated heterocycles. The molecule has 2 heterocycles. The van der Waals surface area contributed by atoms with Gasteiger partial charge < -0.3 is 10.1 Å². The highest BCUT2D eigenvalue weighted by Crippen LogP contribution is 2.11. The monoisotopic (exact) mass is 342 g/mol. The fraction of sp³-hybridized carbons (Fsp3) is 0.474. The average Bonchev–Trinajstić information content (AvgIpc) is 3.02. The van der Waals surface area contributed by atoms with Gasteiger partial charge in [-0.2, -0.15) is 5.10 Å². The van der Waals surface area contributed by atoms with Crippen molar-refractivity contribution in [3.05, 3.63) is 53.9 Å². The molecule has 6 nitrogen and oxygen atoms in total. The van der Waals surface area contributed by atoms with E-state index < -0.39 is 0 Å². The van der Waals surface area contributed by atoms with E-state index in [2.05, 4.69) is 39.6 Å². The van der Waals surface area contributed by atoms with Crippen LogP contribution in [-0.4, -0.2) is 52.9 Å². The molecule has 0 saturated carbocycles.